The van der Waals surface area contributed by atoms with E-state index in [9.17, 15) is 4.79 Å². The van der Waals surface area contributed by atoms with Crippen LogP contribution in [0.3, 0.4) is 0 Å². The largest absolute Gasteiger partial charge is 0.370 e. The molecule has 1 aliphatic heterocycles. The van der Waals surface area contributed by atoms with Crippen LogP contribution in [0.1, 0.15) is 54.9 Å². The second-order valence-electron chi connectivity index (χ2n) is 5.52. The van der Waals surface area contributed by atoms with Crippen LogP contribution in [0.2, 0.25) is 0 Å². The lowest BCUT2D eigenvalue weighted by Gasteiger charge is -2.26. The monoisotopic (exact) mass is 275 g/mol. The maximum Gasteiger partial charge on any atom is 0.255 e. The van der Waals surface area contributed by atoms with E-state index in [-0.39, 0.29) is 5.91 Å². The normalized spacial score (nSPS) is 15.2. The van der Waals surface area contributed by atoms with Gasteiger partial charge < -0.3 is 10.2 Å². The van der Waals surface area contributed by atoms with Crippen molar-refractivity contribution in [3.63, 3.8) is 0 Å². The molecule has 4 nitrogen and oxygen atoms in total. The Kier molecular flexibility index (Phi) is 5.39. The van der Waals surface area contributed by atoms with Crippen molar-refractivity contribution in [3.8, 4) is 0 Å². The summed E-state index contributed by atoms with van der Waals surface area (Å²) in [6, 6.07) is 1.96. The molecular weight excluding hydrogens is 250 g/mol. The molecule has 0 saturated carbocycles. The van der Waals surface area contributed by atoms with Crippen LogP contribution in [0.15, 0.2) is 12.3 Å². The molecule has 0 aromatic carbocycles. The minimum Gasteiger partial charge on any atom is -0.370 e. The Labute approximate surface area is 121 Å². The molecule has 1 aromatic rings. The average molecular weight is 275 g/mol. The SMILES string of the molecule is CCCCNc1ncc(C(=O)N2CCCCC2)cc1C. The number of carbonyl (C=O) groups excluding carboxylic acids is 1. The molecule has 1 saturated heterocycles. The molecule has 2 heterocycles. The lowest BCUT2D eigenvalue weighted by atomic mass is 10.1. The Morgan fingerprint density at radius 1 is 1.35 bits per heavy atom. The summed E-state index contributed by atoms with van der Waals surface area (Å²) in [7, 11) is 0. The molecule has 110 valence electrons. The van der Waals surface area contributed by atoms with Gasteiger partial charge in [-0.1, -0.05) is 13.3 Å². The second-order valence-corrected chi connectivity index (χ2v) is 5.52. The van der Waals surface area contributed by atoms with E-state index >= 15 is 0 Å². The number of likely N-dealkylation sites (tertiary alicyclic amines) is 1. The maximum absolute atomic E-state index is 12.4. The number of aromatic nitrogens is 1. The third-order valence-corrected chi connectivity index (χ3v) is 3.79. The molecule has 20 heavy (non-hydrogen) atoms. The molecule has 0 spiro atoms. The number of rotatable bonds is 5. The number of aryl methyl sites for hydroxylation is 1. The molecule has 1 aromatic heterocycles. The number of hydrogen-bond acceptors (Lipinski definition) is 3. The van der Waals surface area contributed by atoms with Crippen molar-refractivity contribution in [2.24, 2.45) is 0 Å². The highest BCUT2D eigenvalue weighted by Crippen LogP contribution is 2.17. The quantitative estimate of drug-likeness (QED) is 0.839. The van der Waals surface area contributed by atoms with Gasteiger partial charge in [0.1, 0.15) is 5.82 Å². The summed E-state index contributed by atoms with van der Waals surface area (Å²) in [5.74, 6) is 1.02. The zero-order valence-electron chi connectivity index (χ0n) is 12.6. The van der Waals surface area contributed by atoms with Crippen molar-refractivity contribution in [2.45, 2.75) is 46.0 Å². The molecule has 2 rings (SSSR count). The Bertz CT molecular complexity index is 453. The first-order valence-electron chi connectivity index (χ1n) is 7.72. The van der Waals surface area contributed by atoms with Gasteiger partial charge in [0.15, 0.2) is 0 Å². The highest BCUT2D eigenvalue weighted by Gasteiger charge is 2.18. The lowest BCUT2D eigenvalue weighted by Crippen LogP contribution is -2.35. The molecule has 1 aliphatic rings. The highest BCUT2D eigenvalue weighted by atomic mass is 16.2. The summed E-state index contributed by atoms with van der Waals surface area (Å²) >= 11 is 0. The lowest BCUT2D eigenvalue weighted by molar-refractivity contribution is 0.0724. The molecule has 0 bridgehead atoms. The van der Waals surface area contributed by atoms with Crippen molar-refractivity contribution in [3.05, 3.63) is 23.4 Å². The Morgan fingerprint density at radius 3 is 2.75 bits per heavy atom. The van der Waals surface area contributed by atoms with Crippen LogP contribution in [0.4, 0.5) is 5.82 Å². The smallest absolute Gasteiger partial charge is 0.255 e. The molecule has 1 amide bonds. The van der Waals surface area contributed by atoms with Gasteiger partial charge in [-0.3, -0.25) is 4.79 Å². The molecule has 0 aliphatic carbocycles. The van der Waals surface area contributed by atoms with Crippen molar-refractivity contribution in [1.29, 1.82) is 0 Å². The Morgan fingerprint density at radius 2 is 2.10 bits per heavy atom. The first-order valence-corrected chi connectivity index (χ1v) is 7.72. The number of hydrogen-bond donors (Lipinski definition) is 1. The average Bonchev–Trinajstić information content (AvgIpc) is 2.49. The van der Waals surface area contributed by atoms with Gasteiger partial charge in [0, 0.05) is 25.8 Å². The zero-order chi connectivity index (χ0) is 14.4. The van der Waals surface area contributed by atoms with E-state index in [1.54, 1.807) is 6.20 Å². The number of amides is 1. The second kappa shape index (κ2) is 7.27. The van der Waals surface area contributed by atoms with Gasteiger partial charge in [-0.25, -0.2) is 4.98 Å². The van der Waals surface area contributed by atoms with Gasteiger partial charge >= 0.3 is 0 Å². The number of pyridine rings is 1. The van der Waals surface area contributed by atoms with Crippen molar-refractivity contribution in [1.82, 2.24) is 9.88 Å². The predicted octanol–water partition coefficient (Wildman–Crippen LogP) is 3.23. The molecular formula is C16H25N3O. The van der Waals surface area contributed by atoms with Crippen LogP contribution in [-0.2, 0) is 0 Å². The summed E-state index contributed by atoms with van der Waals surface area (Å²) in [4.78, 5) is 18.7. The third kappa shape index (κ3) is 3.71. The fourth-order valence-corrected chi connectivity index (χ4v) is 2.54. The fourth-order valence-electron chi connectivity index (χ4n) is 2.54. The molecule has 0 unspecified atom stereocenters. The van der Waals surface area contributed by atoms with Crippen molar-refractivity contribution < 1.29 is 4.79 Å². The van der Waals surface area contributed by atoms with Gasteiger partial charge in [-0.15, -0.1) is 0 Å². The van der Waals surface area contributed by atoms with Crippen LogP contribution < -0.4 is 5.32 Å². The first kappa shape index (κ1) is 14.8. The van der Waals surface area contributed by atoms with Crippen LogP contribution in [-0.4, -0.2) is 35.4 Å². The van der Waals surface area contributed by atoms with Crippen LogP contribution in [0.25, 0.3) is 0 Å². The Hall–Kier alpha value is -1.58. The van der Waals surface area contributed by atoms with E-state index in [1.165, 1.54) is 6.42 Å². The highest BCUT2D eigenvalue weighted by molar-refractivity contribution is 5.94. The number of piperidine rings is 1. The number of nitrogens with one attached hydrogen (secondary N) is 1. The number of anilines is 1. The molecule has 1 N–H and O–H groups in total. The van der Waals surface area contributed by atoms with E-state index in [1.807, 2.05) is 17.9 Å². The third-order valence-electron chi connectivity index (χ3n) is 3.79. The first-order chi connectivity index (χ1) is 9.72. The summed E-state index contributed by atoms with van der Waals surface area (Å²) < 4.78 is 0. The fraction of sp³-hybridized carbons (Fsp3) is 0.625. The van der Waals surface area contributed by atoms with Gasteiger partial charge in [0.05, 0.1) is 5.56 Å². The van der Waals surface area contributed by atoms with Crippen LogP contribution in [0.5, 0.6) is 0 Å². The van der Waals surface area contributed by atoms with E-state index in [0.29, 0.717) is 5.56 Å². The number of unbranched alkanes of at least 4 members (excludes halogenated alkanes) is 1. The predicted molar refractivity (Wildman–Crippen MR) is 82.1 cm³/mol. The summed E-state index contributed by atoms with van der Waals surface area (Å²) in [6.07, 6.45) is 7.48. The molecule has 1 fully saturated rings. The summed E-state index contributed by atoms with van der Waals surface area (Å²) in [5.41, 5.74) is 1.76. The van der Waals surface area contributed by atoms with Crippen molar-refractivity contribution in [2.75, 3.05) is 25.0 Å². The van der Waals surface area contributed by atoms with E-state index in [2.05, 4.69) is 17.2 Å². The minimum atomic E-state index is 0.125. The maximum atomic E-state index is 12.4. The summed E-state index contributed by atoms with van der Waals surface area (Å²) in [6.45, 7) is 6.88. The van der Waals surface area contributed by atoms with Crippen LogP contribution >= 0.6 is 0 Å². The van der Waals surface area contributed by atoms with Gasteiger partial charge in [0.2, 0.25) is 0 Å². The standard InChI is InChI=1S/C16H25N3O/c1-3-4-8-17-15-13(2)11-14(12-18-15)16(20)19-9-6-5-7-10-19/h11-12H,3-10H2,1-2H3,(H,17,18). The molecule has 0 atom stereocenters. The van der Waals surface area contributed by atoms with Gasteiger partial charge in [0.25, 0.3) is 5.91 Å². The van der Waals surface area contributed by atoms with E-state index in [0.717, 1.165) is 56.7 Å². The van der Waals surface area contributed by atoms with E-state index in [4.69, 9.17) is 0 Å². The van der Waals surface area contributed by atoms with Gasteiger partial charge in [-0.05, 0) is 44.2 Å². The minimum absolute atomic E-state index is 0.125. The van der Waals surface area contributed by atoms with E-state index < -0.39 is 0 Å². The topological polar surface area (TPSA) is 45.2 Å². The molecule has 0 radical (unpaired) electrons. The zero-order valence-corrected chi connectivity index (χ0v) is 12.6. The van der Waals surface area contributed by atoms with Crippen LogP contribution in [0, 0.1) is 6.92 Å². The number of carbonyl (C=O) groups is 1. The van der Waals surface area contributed by atoms with Crippen molar-refractivity contribution >= 4 is 11.7 Å². The number of nitrogens with zero attached hydrogens (tertiary/aromatic N) is 2. The molecule has 4 heteroatoms. The van der Waals surface area contributed by atoms with Gasteiger partial charge in [-0.2, -0.15) is 0 Å². The summed E-state index contributed by atoms with van der Waals surface area (Å²) in [5, 5.41) is 3.32. The Balaban J connectivity index is 2.02.